The van der Waals surface area contributed by atoms with Crippen LogP contribution in [0.3, 0.4) is 0 Å². The largest absolute Gasteiger partial charge is 0.381 e. The van der Waals surface area contributed by atoms with Crippen molar-refractivity contribution in [1.29, 1.82) is 0 Å². The van der Waals surface area contributed by atoms with E-state index < -0.39 is 0 Å². The number of ether oxygens (including phenoxy) is 1. The van der Waals surface area contributed by atoms with Gasteiger partial charge in [0.1, 0.15) is 0 Å². The van der Waals surface area contributed by atoms with Gasteiger partial charge in [0.25, 0.3) is 0 Å². The number of hydrogen-bond acceptors (Lipinski definition) is 1. The molecule has 0 bridgehead atoms. The minimum absolute atomic E-state index is 0.867. The van der Waals surface area contributed by atoms with Crippen LogP contribution in [0.4, 0.5) is 0 Å². The average Bonchev–Trinajstić information content (AvgIpc) is 2.19. The lowest BCUT2D eigenvalue weighted by atomic mass is 9.81. The van der Waals surface area contributed by atoms with Crippen molar-refractivity contribution in [1.82, 2.24) is 0 Å². The fraction of sp³-hybridized carbons (Fsp3) is 0.833. The van der Waals surface area contributed by atoms with E-state index in [4.69, 9.17) is 4.74 Å². The van der Waals surface area contributed by atoms with Gasteiger partial charge in [-0.25, -0.2) is 0 Å². The zero-order chi connectivity index (χ0) is 9.52. The van der Waals surface area contributed by atoms with Gasteiger partial charge >= 0.3 is 0 Å². The molecule has 0 aliphatic carbocycles. The van der Waals surface area contributed by atoms with E-state index in [2.05, 4.69) is 19.6 Å². The fourth-order valence-corrected chi connectivity index (χ4v) is 2.32. The summed E-state index contributed by atoms with van der Waals surface area (Å²) in [4.78, 5) is 0. The van der Waals surface area contributed by atoms with Crippen molar-refractivity contribution in [3.05, 3.63) is 12.7 Å². The topological polar surface area (TPSA) is 9.23 Å². The van der Waals surface area contributed by atoms with E-state index in [1.54, 1.807) is 0 Å². The van der Waals surface area contributed by atoms with Crippen LogP contribution in [0.25, 0.3) is 0 Å². The molecule has 1 fully saturated rings. The zero-order valence-electron chi connectivity index (χ0n) is 8.80. The highest BCUT2D eigenvalue weighted by molar-refractivity contribution is 4.79. The number of rotatable bonds is 5. The molecule has 1 heterocycles. The average molecular weight is 182 g/mol. The van der Waals surface area contributed by atoms with Crippen LogP contribution in [0.5, 0.6) is 0 Å². The Labute approximate surface area is 82.2 Å². The Morgan fingerprint density at radius 1 is 1.46 bits per heavy atom. The van der Waals surface area contributed by atoms with Crippen LogP contribution in [0.2, 0.25) is 0 Å². The van der Waals surface area contributed by atoms with Crippen molar-refractivity contribution < 1.29 is 4.74 Å². The molecule has 0 aromatic carbocycles. The lowest BCUT2D eigenvalue weighted by Crippen LogP contribution is -2.23. The normalized spacial score (nSPS) is 21.3. The molecule has 0 amide bonds. The SMILES string of the molecule is C=CCC(CCC)C1CCOCC1. The minimum Gasteiger partial charge on any atom is -0.381 e. The summed E-state index contributed by atoms with van der Waals surface area (Å²) in [5, 5.41) is 0. The van der Waals surface area contributed by atoms with Crippen LogP contribution in [-0.4, -0.2) is 13.2 Å². The lowest BCUT2D eigenvalue weighted by molar-refractivity contribution is 0.0452. The molecule has 1 atom stereocenters. The third-order valence-electron chi connectivity index (χ3n) is 3.06. The highest BCUT2D eigenvalue weighted by Gasteiger charge is 2.21. The van der Waals surface area contributed by atoms with Gasteiger partial charge in [0.15, 0.2) is 0 Å². The number of allylic oxidation sites excluding steroid dienone is 1. The van der Waals surface area contributed by atoms with Crippen molar-refractivity contribution in [2.45, 2.75) is 39.0 Å². The molecule has 1 rings (SSSR count). The van der Waals surface area contributed by atoms with Crippen LogP contribution in [0, 0.1) is 11.8 Å². The summed E-state index contributed by atoms with van der Waals surface area (Å²) < 4.78 is 5.38. The standard InChI is InChI=1S/C12H22O/c1-3-5-11(6-4-2)12-7-9-13-10-8-12/h3,11-12H,1,4-10H2,2H3. The predicted molar refractivity (Wildman–Crippen MR) is 56.8 cm³/mol. The van der Waals surface area contributed by atoms with Crippen LogP contribution >= 0.6 is 0 Å². The Kier molecular flexibility index (Phi) is 5.14. The third kappa shape index (κ3) is 3.51. The maximum absolute atomic E-state index is 5.38. The van der Waals surface area contributed by atoms with Gasteiger partial charge < -0.3 is 4.74 Å². The van der Waals surface area contributed by atoms with Crippen molar-refractivity contribution >= 4 is 0 Å². The van der Waals surface area contributed by atoms with Gasteiger partial charge in [-0.3, -0.25) is 0 Å². The van der Waals surface area contributed by atoms with E-state index in [-0.39, 0.29) is 0 Å². The summed E-state index contributed by atoms with van der Waals surface area (Å²) in [6.07, 6.45) is 8.46. The van der Waals surface area contributed by atoms with Crippen LogP contribution < -0.4 is 0 Å². The molecule has 0 N–H and O–H groups in total. The minimum atomic E-state index is 0.867. The molecule has 13 heavy (non-hydrogen) atoms. The van der Waals surface area contributed by atoms with Crippen molar-refractivity contribution in [2.75, 3.05) is 13.2 Å². The summed E-state index contributed by atoms with van der Waals surface area (Å²) in [7, 11) is 0. The van der Waals surface area contributed by atoms with Crippen molar-refractivity contribution in [2.24, 2.45) is 11.8 Å². The van der Waals surface area contributed by atoms with Gasteiger partial charge in [-0.15, -0.1) is 6.58 Å². The smallest absolute Gasteiger partial charge is 0.0468 e. The Bertz CT molecular complexity index is 136. The van der Waals surface area contributed by atoms with Crippen molar-refractivity contribution in [3.8, 4) is 0 Å². The second kappa shape index (κ2) is 6.20. The molecule has 1 heteroatoms. The molecule has 1 nitrogen and oxygen atoms in total. The summed E-state index contributed by atoms with van der Waals surface area (Å²) >= 11 is 0. The quantitative estimate of drug-likeness (QED) is 0.592. The van der Waals surface area contributed by atoms with E-state index in [0.29, 0.717) is 0 Å². The van der Waals surface area contributed by atoms with Gasteiger partial charge in [0.05, 0.1) is 0 Å². The molecule has 0 aromatic heterocycles. The zero-order valence-corrected chi connectivity index (χ0v) is 8.80. The summed E-state index contributed by atoms with van der Waals surface area (Å²) in [6, 6.07) is 0. The molecule has 1 saturated heterocycles. The fourth-order valence-electron chi connectivity index (χ4n) is 2.32. The first-order chi connectivity index (χ1) is 6.38. The maximum Gasteiger partial charge on any atom is 0.0468 e. The van der Waals surface area contributed by atoms with Gasteiger partial charge in [0.2, 0.25) is 0 Å². The van der Waals surface area contributed by atoms with Crippen LogP contribution in [0.1, 0.15) is 39.0 Å². The Morgan fingerprint density at radius 2 is 2.15 bits per heavy atom. The van der Waals surface area contributed by atoms with E-state index in [1.165, 1.54) is 32.1 Å². The van der Waals surface area contributed by atoms with E-state index in [9.17, 15) is 0 Å². The first kappa shape index (κ1) is 10.8. The molecule has 0 radical (unpaired) electrons. The van der Waals surface area contributed by atoms with E-state index in [0.717, 1.165) is 25.0 Å². The van der Waals surface area contributed by atoms with Crippen LogP contribution in [-0.2, 0) is 4.74 Å². The molecule has 1 unspecified atom stereocenters. The van der Waals surface area contributed by atoms with Crippen LogP contribution in [0.15, 0.2) is 12.7 Å². The predicted octanol–water partition coefficient (Wildman–Crippen LogP) is 3.41. The van der Waals surface area contributed by atoms with Gasteiger partial charge in [-0.2, -0.15) is 0 Å². The highest BCUT2D eigenvalue weighted by atomic mass is 16.5. The Hall–Kier alpha value is -0.300. The molecule has 1 aliphatic rings. The first-order valence-electron chi connectivity index (χ1n) is 5.57. The van der Waals surface area contributed by atoms with Gasteiger partial charge in [-0.1, -0.05) is 25.8 Å². The second-order valence-electron chi connectivity index (χ2n) is 4.02. The number of hydrogen-bond donors (Lipinski definition) is 0. The van der Waals surface area contributed by atoms with E-state index in [1.807, 2.05) is 0 Å². The summed E-state index contributed by atoms with van der Waals surface area (Å²) in [6.45, 7) is 8.07. The molecule has 76 valence electrons. The summed E-state index contributed by atoms with van der Waals surface area (Å²) in [5.41, 5.74) is 0. The summed E-state index contributed by atoms with van der Waals surface area (Å²) in [5.74, 6) is 1.76. The molecule has 1 aliphatic heterocycles. The molecular formula is C12H22O. The maximum atomic E-state index is 5.38. The van der Waals surface area contributed by atoms with Gasteiger partial charge in [-0.05, 0) is 31.1 Å². The molecule has 0 spiro atoms. The first-order valence-corrected chi connectivity index (χ1v) is 5.57. The van der Waals surface area contributed by atoms with E-state index >= 15 is 0 Å². The van der Waals surface area contributed by atoms with Gasteiger partial charge in [0, 0.05) is 13.2 Å². The monoisotopic (exact) mass is 182 g/mol. The Balaban J connectivity index is 2.36. The molecule has 0 aromatic rings. The third-order valence-corrected chi connectivity index (χ3v) is 3.06. The van der Waals surface area contributed by atoms with Crippen molar-refractivity contribution in [3.63, 3.8) is 0 Å². The molecule has 0 saturated carbocycles. The highest BCUT2D eigenvalue weighted by Crippen LogP contribution is 2.29. The second-order valence-corrected chi connectivity index (χ2v) is 4.02. The molecular weight excluding hydrogens is 160 g/mol. The lowest BCUT2D eigenvalue weighted by Gasteiger charge is -2.29. The Morgan fingerprint density at radius 3 is 2.69 bits per heavy atom.